The Morgan fingerprint density at radius 3 is 0.812 bits per heavy atom. The number of hydrogen-bond acceptors (Lipinski definition) is 0. The van der Waals surface area contributed by atoms with Gasteiger partial charge in [-0.2, -0.15) is 0 Å². The van der Waals surface area contributed by atoms with E-state index in [1.54, 1.807) is 6.42 Å². The van der Waals surface area contributed by atoms with Gasteiger partial charge in [0.2, 0.25) is 0 Å². The number of hydrogen-bond donors (Lipinski definition) is 0. The van der Waals surface area contributed by atoms with Gasteiger partial charge in [-0.05, 0) is 18.3 Å². The Bertz CT molecular complexity index is 304. The maximum absolute atomic E-state index is 2.36. The Balaban J connectivity index is 4.46. The van der Waals surface area contributed by atoms with Crippen molar-refractivity contribution in [3.05, 3.63) is 0 Å². The monoisotopic (exact) mass is 451 g/mol. The standard InChI is InChI=1S/C32H66/c1-5-9-13-16-19-23-27-31(26-22-12-8-4)30-32(28-24-20-17-14-10-6-2)29-25-21-18-15-11-7-3/h31-32H,5-30H2,1-4H3. The van der Waals surface area contributed by atoms with E-state index in [1.165, 1.54) is 161 Å². The minimum absolute atomic E-state index is 1.03. The van der Waals surface area contributed by atoms with E-state index in [9.17, 15) is 0 Å². The van der Waals surface area contributed by atoms with Crippen LogP contribution in [0.25, 0.3) is 0 Å². The lowest BCUT2D eigenvalue weighted by atomic mass is 9.82. The van der Waals surface area contributed by atoms with Gasteiger partial charge in [0, 0.05) is 0 Å². The van der Waals surface area contributed by atoms with Crippen LogP contribution in [0.15, 0.2) is 0 Å². The first-order chi connectivity index (χ1) is 15.8. The van der Waals surface area contributed by atoms with Gasteiger partial charge in [0.15, 0.2) is 0 Å². The summed E-state index contributed by atoms with van der Waals surface area (Å²) in [4.78, 5) is 0. The lowest BCUT2D eigenvalue weighted by Gasteiger charge is -2.24. The Morgan fingerprint density at radius 2 is 0.500 bits per heavy atom. The third-order valence-electron chi connectivity index (χ3n) is 7.78. The maximum atomic E-state index is 2.36. The number of unbranched alkanes of at least 4 members (excludes halogenated alkanes) is 17. The van der Waals surface area contributed by atoms with Crippen LogP contribution in [-0.4, -0.2) is 0 Å². The average molecular weight is 451 g/mol. The van der Waals surface area contributed by atoms with Gasteiger partial charge in [-0.1, -0.05) is 188 Å². The lowest BCUT2D eigenvalue weighted by molar-refractivity contribution is 0.282. The highest BCUT2D eigenvalue weighted by Crippen LogP contribution is 2.31. The first-order valence-electron chi connectivity index (χ1n) is 15.8. The first kappa shape index (κ1) is 32.0. The van der Waals surface area contributed by atoms with Gasteiger partial charge in [0.05, 0.1) is 0 Å². The van der Waals surface area contributed by atoms with Crippen LogP contribution in [0.1, 0.15) is 195 Å². The van der Waals surface area contributed by atoms with Crippen molar-refractivity contribution in [2.75, 3.05) is 0 Å². The molecule has 0 amide bonds. The molecule has 0 nitrogen and oxygen atoms in total. The zero-order valence-electron chi connectivity index (χ0n) is 23.5. The van der Waals surface area contributed by atoms with Crippen LogP contribution in [-0.2, 0) is 0 Å². The molecule has 0 N–H and O–H groups in total. The molecule has 0 spiro atoms. The van der Waals surface area contributed by atoms with E-state index in [-0.39, 0.29) is 0 Å². The molecular weight excluding hydrogens is 384 g/mol. The van der Waals surface area contributed by atoms with Crippen LogP contribution >= 0.6 is 0 Å². The summed E-state index contributed by atoms with van der Waals surface area (Å²) >= 11 is 0. The molecule has 0 aromatic carbocycles. The van der Waals surface area contributed by atoms with E-state index < -0.39 is 0 Å². The topological polar surface area (TPSA) is 0 Å². The van der Waals surface area contributed by atoms with Gasteiger partial charge < -0.3 is 0 Å². The van der Waals surface area contributed by atoms with E-state index in [1.807, 2.05) is 0 Å². The predicted molar refractivity (Wildman–Crippen MR) is 150 cm³/mol. The van der Waals surface area contributed by atoms with Gasteiger partial charge in [0.25, 0.3) is 0 Å². The minimum atomic E-state index is 1.03. The zero-order valence-corrected chi connectivity index (χ0v) is 23.5. The third-order valence-corrected chi connectivity index (χ3v) is 7.78. The Kier molecular flexibility index (Phi) is 27.2. The summed E-state index contributed by atoms with van der Waals surface area (Å²) in [5, 5.41) is 0. The fourth-order valence-corrected chi connectivity index (χ4v) is 5.55. The summed E-state index contributed by atoms with van der Waals surface area (Å²) in [7, 11) is 0. The normalized spacial score (nSPS) is 12.7. The molecular formula is C32H66. The maximum Gasteiger partial charge on any atom is -0.0412 e. The Labute approximate surface area is 206 Å². The van der Waals surface area contributed by atoms with Crippen LogP contribution < -0.4 is 0 Å². The second-order valence-corrected chi connectivity index (χ2v) is 11.1. The summed E-state index contributed by atoms with van der Waals surface area (Å²) in [6.45, 7) is 9.36. The molecule has 1 atom stereocenters. The molecule has 0 aromatic rings. The summed E-state index contributed by atoms with van der Waals surface area (Å²) < 4.78 is 0. The highest BCUT2D eigenvalue weighted by Gasteiger charge is 2.16. The molecule has 0 bridgehead atoms. The molecule has 0 rings (SSSR count). The van der Waals surface area contributed by atoms with Crippen molar-refractivity contribution >= 4 is 0 Å². The summed E-state index contributed by atoms with van der Waals surface area (Å²) in [5.41, 5.74) is 0. The average Bonchev–Trinajstić information content (AvgIpc) is 2.80. The fourth-order valence-electron chi connectivity index (χ4n) is 5.55. The molecule has 0 aliphatic carbocycles. The van der Waals surface area contributed by atoms with E-state index in [4.69, 9.17) is 0 Å². The van der Waals surface area contributed by atoms with Crippen LogP contribution in [0.3, 0.4) is 0 Å². The Morgan fingerprint density at radius 1 is 0.281 bits per heavy atom. The SMILES string of the molecule is CCCCCCCCC(CCCCC)CC(CCCCCCCC)CCCCCCCC. The van der Waals surface area contributed by atoms with Crippen LogP contribution in [0.2, 0.25) is 0 Å². The fraction of sp³-hybridized carbons (Fsp3) is 1.00. The molecule has 0 heterocycles. The molecule has 194 valence electrons. The summed E-state index contributed by atoms with van der Waals surface area (Å²) in [5.74, 6) is 2.05. The smallest absolute Gasteiger partial charge is 0.0412 e. The Hall–Kier alpha value is 0. The second-order valence-electron chi connectivity index (χ2n) is 11.1. The first-order valence-corrected chi connectivity index (χ1v) is 15.8. The number of rotatable bonds is 27. The lowest BCUT2D eigenvalue weighted by Crippen LogP contribution is -2.10. The van der Waals surface area contributed by atoms with E-state index in [0.717, 1.165) is 11.8 Å². The van der Waals surface area contributed by atoms with Gasteiger partial charge in [-0.25, -0.2) is 0 Å². The van der Waals surface area contributed by atoms with Crippen molar-refractivity contribution in [2.24, 2.45) is 11.8 Å². The molecule has 32 heavy (non-hydrogen) atoms. The minimum Gasteiger partial charge on any atom is -0.0654 e. The third kappa shape index (κ3) is 23.2. The molecule has 0 fully saturated rings. The van der Waals surface area contributed by atoms with Crippen LogP contribution in [0.5, 0.6) is 0 Å². The van der Waals surface area contributed by atoms with Gasteiger partial charge in [-0.15, -0.1) is 0 Å². The van der Waals surface area contributed by atoms with Crippen molar-refractivity contribution in [1.82, 2.24) is 0 Å². The molecule has 0 aliphatic heterocycles. The zero-order chi connectivity index (χ0) is 23.5. The van der Waals surface area contributed by atoms with Crippen molar-refractivity contribution in [1.29, 1.82) is 0 Å². The molecule has 0 saturated carbocycles. The summed E-state index contributed by atoms with van der Waals surface area (Å²) in [6.07, 6.45) is 38.3. The van der Waals surface area contributed by atoms with Crippen LogP contribution in [0, 0.1) is 11.8 Å². The summed E-state index contributed by atoms with van der Waals surface area (Å²) in [6, 6.07) is 0. The predicted octanol–water partition coefficient (Wildman–Crippen LogP) is 12.4. The van der Waals surface area contributed by atoms with Crippen molar-refractivity contribution in [3.8, 4) is 0 Å². The molecule has 0 radical (unpaired) electrons. The highest BCUT2D eigenvalue weighted by molar-refractivity contribution is 4.69. The molecule has 0 aliphatic rings. The van der Waals surface area contributed by atoms with Gasteiger partial charge >= 0.3 is 0 Å². The quantitative estimate of drug-likeness (QED) is 0.109. The van der Waals surface area contributed by atoms with E-state index >= 15 is 0 Å². The van der Waals surface area contributed by atoms with Crippen molar-refractivity contribution < 1.29 is 0 Å². The van der Waals surface area contributed by atoms with Gasteiger partial charge in [-0.3, -0.25) is 0 Å². The molecule has 1 unspecified atom stereocenters. The van der Waals surface area contributed by atoms with Crippen molar-refractivity contribution in [3.63, 3.8) is 0 Å². The van der Waals surface area contributed by atoms with Crippen molar-refractivity contribution in [2.45, 2.75) is 195 Å². The van der Waals surface area contributed by atoms with Gasteiger partial charge in [0.1, 0.15) is 0 Å². The van der Waals surface area contributed by atoms with E-state index in [2.05, 4.69) is 27.7 Å². The molecule has 0 saturated heterocycles. The largest absolute Gasteiger partial charge is 0.0654 e. The van der Waals surface area contributed by atoms with E-state index in [0.29, 0.717) is 0 Å². The second kappa shape index (κ2) is 27.2. The van der Waals surface area contributed by atoms with Crippen LogP contribution in [0.4, 0.5) is 0 Å². The molecule has 0 aromatic heterocycles. The molecule has 0 heteroatoms. The highest BCUT2D eigenvalue weighted by atomic mass is 14.2.